The van der Waals surface area contributed by atoms with Crippen LogP contribution in [0.1, 0.15) is 18.5 Å². The average Bonchev–Trinajstić information content (AvgIpc) is 2.42. The topological polar surface area (TPSA) is 72.2 Å². The second-order valence-corrected chi connectivity index (χ2v) is 6.13. The number of sulfonamides is 1. The van der Waals surface area contributed by atoms with Gasteiger partial charge in [0.2, 0.25) is 10.0 Å². The minimum absolute atomic E-state index is 0.194. The van der Waals surface area contributed by atoms with Gasteiger partial charge in [0.15, 0.2) is 0 Å². The Morgan fingerprint density at radius 2 is 1.80 bits per heavy atom. The Morgan fingerprint density at radius 3 is 2.45 bits per heavy atom. The molecule has 0 aliphatic rings. The first kappa shape index (κ1) is 14.5. The molecule has 4 nitrogen and oxygen atoms in total. The molecule has 6 heteroatoms. The summed E-state index contributed by atoms with van der Waals surface area (Å²) in [5, 5.41) is 0. The largest absolute Gasteiger partial charge is 0.399 e. The molecule has 0 saturated carbocycles. The normalized spacial score (nSPS) is 13.1. The third kappa shape index (κ3) is 3.15. The molecule has 0 bridgehead atoms. The summed E-state index contributed by atoms with van der Waals surface area (Å²) in [7, 11) is -3.97. The number of hydrogen-bond donors (Lipinski definition) is 2. The summed E-state index contributed by atoms with van der Waals surface area (Å²) in [6.45, 7) is 1.69. The standard InChI is InChI=1S/C14H15FN2O2S/c1-10(11-5-3-2-4-6-11)17-20(18,19)14-9-12(16)7-8-13(14)15/h2-10,17H,16H2,1H3/t10-/m0/s1. The summed E-state index contributed by atoms with van der Waals surface area (Å²) in [6.07, 6.45) is 0. The van der Waals surface area contributed by atoms with E-state index in [1.54, 1.807) is 31.2 Å². The summed E-state index contributed by atoms with van der Waals surface area (Å²) in [5.41, 5.74) is 6.49. The van der Waals surface area contributed by atoms with E-state index in [1.807, 2.05) is 6.07 Å². The maximum absolute atomic E-state index is 13.6. The molecule has 3 N–H and O–H groups in total. The van der Waals surface area contributed by atoms with E-state index in [0.717, 1.165) is 17.7 Å². The monoisotopic (exact) mass is 294 g/mol. The van der Waals surface area contributed by atoms with E-state index >= 15 is 0 Å². The maximum atomic E-state index is 13.6. The molecule has 2 rings (SSSR count). The number of anilines is 1. The Labute approximate surface area is 117 Å². The van der Waals surface area contributed by atoms with Crippen LogP contribution in [0.4, 0.5) is 10.1 Å². The molecule has 106 valence electrons. The van der Waals surface area contributed by atoms with Crippen LogP contribution in [0.15, 0.2) is 53.4 Å². The lowest BCUT2D eigenvalue weighted by Gasteiger charge is -2.15. The maximum Gasteiger partial charge on any atom is 0.244 e. The van der Waals surface area contributed by atoms with Crippen molar-refractivity contribution >= 4 is 15.7 Å². The molecule has 2 aromatic carbocycles. The van der Waals surface area contributed by atoms with Gasteiger partial charge >= 0.3 is 0 Å². The van der Waals surface area contributed by atoms with Crippen LogP contribution in [-0.4, -0.2) is 8.42 Å². The molecule has 20 heavy (non-hydrogen) atoms. The highest BCUT2D eigenvalue weighted by Crippen LogP contribution is 2.20. The summed E-state index contributed by atoms with van der Waals surface area (Å²) < 4.78 is 40.4. The first-order chi connectivity index (χ1) is 9.40. The molecule has 0 radical (unpaired) electrons. The van der Waals surface area contributed by atoms with Crippen molar-refractivity contribution in [3.8, 4) is 0 Å². The van der Waals surface area contributed by atoms with E-state index in [0.29, 0.717) is 0 Å². The van der Waals surface area contributed by atoms with E-state index in [2.05, 4.69) is 4.72 Å². The Kier molecular flexibility index (Phi) is 4.06. The van der Waals surface area contributed by atoms with Crippen LogP contribution in [0.2, 0.25) is 0 Å². The van der Waals surface area contributed by atoms with Gasteiger partial charge in [0.1, 0.15) is 10.7 Å². The number of hydrogen-bond acceptors (Lipinski definition) is 3. The van der Waals surface area contributed by atoms with Gasteiger partial charge < -0.3 is 5.73 Å². The first-order valence-electron chi connectivity index (χ1n) is 6.02. The molecule has 0 spiro atoms. The Hall–Kier alpha value is -1.92. The van der Waals surface area contributed by atoms with Gasteiger partial charge in [0.25, 0.3) is 0 Å². The summed E-state index contributed by atoms with van der Waals surface area (Å²) in [6, 6.07) is 12.0. The Balaban J connectivity index is 2.30. The molecule has 0 unspecified atom stereocenters. The van der Waals surface area contributed by atoms with E-state index < -0.39 is 26.8 Å². The number of nitrogens with one attached hydrogen (secondary N) is 1. The van der Waals surface area contributed by atoms with Crippen molar-refractivity contribution in [3.63, 3.8) is 0 Å². The van der Waals surface area contributed by atoms with Crippen molar-refractivity contribution < 1.29 is 12.8 Å². The van der Waals surface area contributed by atoms with Crippen LogP contribution in [-0.2, 0) is 10.0 Å². The summed E-state index contributed by atoms with van der Waals surface area (Å²) >= 11 is 0. The zero-order valence-corrected chi connectivity index (χ0v) is 11.7. The molecular formula is C14H15FN2O2S. The number of benzene rings is 2. The van der Waals surface area contributed by atoms with E-state index in [-0.39, 0.29) is 5.69 Å². The Bertz CT molecular complexity index is 702. The lowest BCUT2D eigenvalue weighted by molar-refractivity contribution is 0.547. The lowest BCUT2D eigenvalue weighted by atomic mass is 10.1. The van der Waals surface area contributed by atoms with Gasteiger partial charge in [0, 0.05) is 11.7 Å². The minimum Gasteiger partial charge on any atom is -0.399 e. The van der Waals surface area contributed by atoms with Crippen LogP contribution in [0.25, 0.3) is 0 Å². The van der Waals surface area contributed by atoms with Crippen molar-refractivity contribution in [1.29, 1.82) is 0 Å². The van der Waals surface area contributed by atoms with Crippen molar-refractivity contribution in [2.45, 2.75) is 17.9 Å². The van der Waals surface area contributed by atoms with Gasteiger partial charge in [-0.05, 0) is 30.7 Å². The van der Waals surface area contributed by atoms with E-state index in [1.165, 1.54) is 6.07 Å². The molecule has 2 aromatic rings. The molecule has 0 aliphatic heterocycles. The van der Waals surface area contributed by atoms with Gasteiger partial charge in [-0.1, -0.05) is 30.3 Å². The quantitative estimate of drug-likeness (QED) is 0.851. The van der Waals surface area contributed by atoms with Crippen LogP contribution >= 0.6 is 0 Å². The zero-order valence-electron chi connectivity index (χ0n) is 10.9. The minimum atomic E-state index is -3.97. The van der Waals surface area contributed by atoms with Crippen molar-refractivity contribution in [3.05, 3.63) is 59.9 Å². The molecule has 0 fully saturated rings. The predicted octanol–water partition coefficient (Wildman–Crippen LogP) is 2.45. The molecular weight excluding hydrogens is 279 g/mol. The van der Waals surface area contributed by atoms with E-state index in [9.17, 15) is 12.8 Å². The molecule has 1 atom stereocenters. The van der Waals surface area contributed by atoms with Crippen molar-refractivity contribution in [2.24, 2.45) is 0 Å². The first-order valence-corrected chi connectivity index (χ1v) is 7.51. The molecule has 0 aliphatic carbocycles. The van der Waals surface area contributed by atoms with Gasteiger partial charge in [-0.25, -0.2) is 17.5 Å². The highest BCUT2D eigenvalue weighted by Gasteiger charge is 2.22. The average molecular weight is 294 g/mol. The van der Waals surface area contributed by atoms with Crippen molar-refractivity contribution in [2.75, 3.05) is 5.73 Å². The van der Waals surface area contributed by atoms with Crippen LogP contribution < -0.4 is 10.5 Å². The second kappa shape index (κ2) is 5.60. The predicted molar refractivity (Wildman–Crippen MR) is 76.0 cm³/mol. The Morgan fingerprint density at radius 1 is 1.15 bits per heavy atom. The SMILES string of the molecule is C[C@H](NS(=O)(=O)c1cc(N)ccc1F)c1ccccc1. The fraction of sp³-hybridized carbons (Fsp3) is 0.143. The molecule has 0 amide bonds. The highest BCUT2D eigenvalue weighted by atomic mass is 32.2. The number of rotatable bonds is 4. The van der Waals surface area contributed by atoms with Gasteiger partial charge in [-0.3, -0.25) is 0 Å². The third-order valence-electron chi connectivity index (χ3n) is 2.88. The zero-order chi connectivity index (χ0) is 14.8. The molecule has 0 saturated heterocycles. The molecule has 0 heterocycles. The second-order valence-electron chi connectivity index (χ2n) is 4.44. The fourth-order valence-corrected chi connectivity index (χ4v) is 3.18. The molecule has 0 aromatic heterocycles. The summed E-state index contributed by atoms with van der Waals surface area (Å²) in [4.78, 5) is -0.444. The van der Waals surface area contributed by atoms with Crippen LogP contribution in [0, 0.1) is 5.82 Å². The number of halogens is 1. The van der Waals surface area contributed by atoms with Crippen LogP contribution in [0.3, 0.4) is 0 Å². The highest BCUT2D eigenvalue weighted by molar-refractivity contribution is 7.89. The lowest BCUT2D eigenvalue weighted by Crippen LogP contribution is -2.27. The smallest absolute Gasteiger partial charge is 0.244 e. The van der Waals surface area contributed by atoms with Crippen LogP contribution in [0.5, 0.6) is 0 Å². The van der Waals surface area contributed by atoms with E-state index in [4.69, 9.17) is 5.73 Å². The number of nitrogens with two attached hydrogens (primary N) is 1. The third-order valence-corrected chi connectivity index (χ3v) is 4.43. The summed E-state index contributed by atoms with van der Waals surface area (Å²) in [5.74, 6) is -0.827. The fourth-order valence-electron chi connectivity index (χ4n) is 1.83. The van der Waals surface area contributed by atoms with Crippen molar-refractivity contribution in [1.82, 2.24) is 4.72 Å². The van der Waals surface area contributed by atoms with Gasteiger partial charge in [-0.2, -0.15) is 0 Å². The number of nitrogen functional groups attached to an aromatic ring is 1. The van der Waals surface area contributed by atoms with Gasteiger partial charge in [-0.15, -0.1) is 0 Å². The van der Waals surface area contributed by atoms with Gasteiger partial charge in [0.05, 0.1) is 0 Å².